The van der Waals surface area contributed by atoms with Crippen LogP contribution in [0.3, 0.4) is 0 Å². The first-order valence-corrected chi connectivity index (χ1v) is 19.4. The van der Waals surface area contributed by atoms with E-state index in [0.717, 1.165) is 86.9 Å². The van der Waals surface area contributed by atoms with Gasteiger partial charge in [0.25, 0.3) is 0 Å². The summed E-state index contributed by atoms with van der Waals surface area (Å²) in [6.07, 6.45) is 20.2. The van der Waals surface area contributed by atoms with Gasteiger partial charge in [-0.1, -0.05) is 65.0 Å². The van der Waals surface area contributed by atoms with Crippen LogP contribution in [0.5, 0.6) is 0 Å². The van der Waals surface area contributed by atoms with E-state index in [1.54, 1.807) is 0 Å². The zero-order valence-electron chi connectivity index (χ0n) is 30.2. The highest BCUT2D eigenvalue weighted by Crippen LogP contribution is 2.48. The van der Waals surface area contributed by atoms with Gasteiger partial charge >= 0.3 is 0 Å². The molecule has 0 aliphatic heterocycles. The van der Waals surface area contributed by atoms with Crippen molar-refractivity contribution in [3.63, 3.8) is 0 Å². The van der Waals surface area contributed by atoms with Gasteiger partial charge in [-0.2, -0.15) is 0 Å². The zero-order valence-corrected chi connectivity index (χ0v) is 30.2. The minimum atomic E-state index is -1.26. The Kier molecular flexibility index (Phi) is 17.8. The average Bonchev–Trinajstić information content (AvgIpc) is 3.04. The molecule has 47 heavy (non-hydrogen) atoms. The minimum absolute atomic E-state index is 0. The Bertz CT molecular complexity index is 906. The molecule has 3 nitrogen and oxygen atoms in total. The molecule has 0 aromatic rings. The zero-order chi connectivity index (χ0) is 31.4. The Balaban J connectivity index is 0.000000853. The number of allylic oxidation sites excluding steroid dienone is 2. The van der Waals surface area contributed by atoms with Gasteiger partial charge in [-0.3, -0.25) is 0 Å². The van der Waals surface area contributed by atoms with Crippen LogP contribution < -0.4 is 0 Å². The van der Waals surface area contributed by atoms with Crippen molar-refractivity contribution < 1.29 is 36.8 Å². The highest BCUT2D eigenvalue weighted by atomic mass is 19.2. The first-order valence-electron chi connectivity index (χ1n) is 19.4. The minimum Gasteiger partial charge on any atom is -0.412 e. The highest BCUT2D eigenvalue weighted by molar-refractivity contribution is 5.15. The van der Waals surface area contributed by atoms with Crippen molar-refractivity contribution in [3.05, 3.63) is 11.6 Å². The summed E-state index contributed by atoms with van der Waals surface area (Å²) in [6, 6.07) is 0. The molecule has 6 rings (SSSR count). The molecule has 0 radical (unpaired) electrons. The van der Waals surface area contributed by atoms with Crippen molar-refractivity contribution in [1.82, 2.24) is 0 Å². The lowest BCUT2D eigenvalue weighted by atomic mass is 9.64. The van der Waals surface area contributed by atoms with Crippen LogP contribution in [0.15, 0.2) is 11.6 Å². The topological polar surface area (TPSA) is 94.5 Å². The summed E-state index contributed by atoms with van der Waals surface area (Å²) >= 11 is 0. The van der Waals surface area contributed by atoms with E-state index in [2.05, 4.69) is 19.9 Å². The van der Waals surface area contributed by atoms with Crippen molar-refractivity contribution in [2.45, 2.75) is 174 Å². The molecule has 0 bridgehead atoms. The van der Waals surface area contributed by atoms with Gasteiger partial charge in [0.05, 0.1) is 0 Å². The van der Waals surface area contributed by atoms with Crippen LogP contribution in [0.2, 0.25) is 0 Å². The van der Waals surface area contributed by atoms with Crippen molar-refractivity contribution in [2.24, 2.45) is 65.1 Å². The molecule has 9 unspecified atom stereocenters. The average molecular weight is 681 g/mol. The van der Waals surface area contributed by atoms with Crippen LogP contribution in [0, 0.1) is 65.1 Å². The van der Waals surface area contributed by atoms with Gasteiger partial charge < -0.3 is 16.4 Å². The second kappa shape index (κ2) is 19.7. The van der Waals surface area contributed by atoms with Gasteiger partial charge in [-0.25, -0.2) is 17.6 Å². The van der Waals surface area contributed by atoms with E-state index in [1.165, 1.54) is 76.2 Å². The maximum absolute atomic E-state index is 14.4. The normalized spacial score (nSPS) is 45.8. The Morgan fingerprint density at radius 3 is 1.36 bits per heavy atom. The molecule has 9 atom stereocenters. The van der Waals surface area contributed by atoms with Crippen LogP contribution in [-0.4, -0.2) is 41.1 Å². The molecule has 282 valence electrons. The molecule has 0 aromatic carbocycles. The summed E-state index contributed by atoms with van der Waals surface area (Å²) in [5.74, 6) is 5.49. The van der Waals surface area contributed by atoms with E-state index in [1.807, 2.05) is 13.8 Å². The molecule has 6 N–H and O–H groups in total. The van der Waals surface area contributed by atoms with Gasteiger partial charge in [-0.15, -0.1) is 0 Å². The second-order valence-corrected chi connectivity index (χ2v) is 17.2. The second-order valence-electron chi connectivity index (χ2n) is 17.2. The van der Waals surface area contributed by atoms with Crippen molar-refractivity contribution in [2.75, 3.05) is 0 Å². The number of hydrogen-bond acceptors (Lipinski definition) is 0. The maximum Gasteiger partial charge on any atom is 0.138 e. The Labute approximate surface area is 287 Å². The smallest absolute Gasteiger partial charge is 0.138 e. The van der Waals surface area contributed by atoms with E-state index >= 15 is 0 Å². The summed E-state index contributed by atoms with van der Waals surface area (Å²) in [4.78, 5) is 0. The predicted octanol–water partition coefficient (Wildman–Crippen LogP) is 10.6. The quantitative estimate of drug-likeness (QED) is 0.209. The van der Waals surface area contributed by atoms with Crippen LogP contribution in [-0.2, 0) is 0 Å². The molecule has 6 aliphatic rings. The Morgan fingerprint density at radius 1 is 0.447 bits per heavy atom. The monoisotopic (exact) mass is 681 g/mol. The number of alkyl halides is 4. The van der Waals surface area contributed by atoms with Crippen LogP contribution in [0.4, 0.5) is 17.6 Å². The fraction of sp³-hybridized carbons (Fsp3) is 0.950. The SMILES string of the molecule is CC1CCC(C2CC=C(C3CCC(C)C(F)C3F)CC2)CC1.CC1CCC(C2CCC(C3CCC(C)C(F)C3F)CC2)CC1.O.O.O.[HH].[HH]. The fourth-order valence-electron chi connectivity index (χ4n) is 10.7. The first kappa shape index (κ1) is 42.5. The van der Waals surface area contributed by atoms with E-state index in [-0.39, 0.29) is 43.0 Å². The molecule has 5 saturated carbocycles. The van der Waals surface area contributed by atoms with Gasteiger partial charge in [0.2, 0.25) is 0 Å². The summed E-state index contributed by atoms with van der Waals surface area (Å²) in [6.45, 7) is 8.47. The first-order chi connectivity index (χ1) is 21.1. The molecule has 0 spiro atoms. The lowest BCUT2D eigenvalue weighted by Gasteiger charge is -2.42. The number of hydrogen-bond donors (Lipinski definition) is 0. The summed E-state index contributed by atoms with van der Waals surface area (Å²) in [5, 5.41) is 0. The number of rotatable bonds is 4. The lowest BCUT2D eigenvalue weighted by molar-refractivity contribution is -0.00996. The highest BCUT2D eigenvalue weighted by Gasteiger charge is 2.43. The number of halogens is 4. The fourth-order valence-corrected chi connectivity index (χ4v) is 10.7. The van der Waals surface area contributed by atoms with Crippen LogP contribution in [0.1, 0.15) is 153 Å². The Morgan fingerprint density at radius 2 is 0.872 bits per heavy atom. The van der Waals surface area contributed by atoms with Crippen molar-refractivity contribution in [1.29, 1.82) is 0 Å². The molecular weight excluding hydrogens is 604 g/mol. The third-order valence-electron chi connectivity index (χ3n) is 14.2. The molecule has 6 aliphatic carbocycles. The molecule has 0 saturated heterocycles. The molecule has 7 heteroatoms. The van der Waals surface area contributed by atoms with E-state index in [4.69, 9.17) is 0 Å². The largest absolute Gasteiger partial charge is 0.412 e. The van der Waals surface area contributed by atoms with Gasteiger partial charge in [0.1, 0.15) is 24.7 Å². The molecule has 0 amide bonds. The summed E-state index contributed by atoms with van der Waals surface area (Å²) in [7, 11) is 0. The Hall–Kier alpha value is -0.660. The summed E-state index contributed by atoms with van der Waals surface area (Å²) < 4.78 is 56.7. The van der Waals surface area contributed by atoms with Gasteiger partial charge in [-0.05, 0) is 155 Å². The molecule has 0 heterocycles. The summed E-state index contributed by atoms with van der Waals surface area (Å²) in [5.41, 5.74) is 1.24. The predicted molar refractivity (Wildman–Crippen MR) is 192 cm³/mol. The van der Waals surface area contributed by atoms with E-state index < -0.39 is 24.7 Å². The van der Waals surface area contributed by atoms with Crippen molar-refractivity contribution in [3.8, 4) is 0 Å². The van der Waals surface area contributed by atoms with Crippen molar-refractivity contribution >= 4 is 0 Å². The van der Waals surface area contributed by atoms with E-state index in [0.29, 0.717) is 5.92 Å². The van der Waals surface area contributed by atoms with Crippen LogP contribution in [0.25, 0.3) is 0 Å². The van der Waals surface area contributed by atoms with E-state index in [9.17, 15) is 17.6 Å². The van der Waals surface area contributed by atoms with Crippen LogP contribution >= 0.6 is 0 Å². The molecule has 5 fully saturated rings. The third-order valence-corrected chi connectivity index (χ3v) is 14.2. The standard InChI is InChI=1S/C20H34F2.C20H32F2.3H2O.2H2/c2*1-13-3-6-15(7-4-13)16-8-10-17(11-9-16)18-12-5-14(2)19(21)20(18)22;;;;;/h13-20H,3-12H2,1-2H3;10,13-16,18-20H,3-9,11-12H2,1-2H3;3*1H2;2*1H. The maximum atomic E-state index is 14.4. The van der Waals surface area contributed by atoms with Gasteiger partial charge in [0, 0.05) is 8.77 Å². The van der Waals surface area contributed by atoms with Gasteiger partial charge in [0.15, 0.2) is 0 Å². The molecule has 0 aromatic heterocycles. The lowest BCUT2D eigenvalue weighted by Crippen LogP contribution is -2.41. The third kappa shape index (κ3) is 10.7. The molecular formula is C40H76F4O3.